The van der Waals surface area contributed by atoms with E-state index in [9.17, 15) is 9.18 Å². The minimum absolute atomic E-state index is 0.0351. The highest BCUT2D eigenvalue weighted by molar-refractivity contribution is 9.10. The number of nitrogens with one attached hydrogen (secondary N) is 1. The third-order valence-corrected chi connectivity index (χ3v) is 3.46. The van der Waals surface area contributed by atoms with Crippen LogP contribution < -0.4 is 10.5 Å². The predicted octanol–water partition coefficient (Wildman–Crippen LogP) is 2.96. The van der Waals surface area contributed by atoms with E-state index in [4.69, 9.17) is 11.6 Å². The summed E-state index contributed by atoms with van der Waals surface area (Å²) in [5.74, 6) is -0.316. The van der Waals surface area contributed by atoms with Crippen LogP contribution in [-0.2, 0) is 6.54 Å². The van der Waals surface area contributed by atoms with Crippen LogP contribution in [0.1, 0.15) is 5.56 Å². The van der Waals surface area contributed by atoms with Crippen molar-refractivity contribution < 1.29 is 4.39 Å². The average Bonchev–Trinajstić information content (AvgIpc) is 2.37. The number of aromatic nitrogens is 2. The average molecular weight is 347 g/mol. The number of nitrogens with zero attached hydrogens (tertiary/aromatic N) is 2. The van der Waals surface area contributed by atoms with Crippen molar-refractivity contribution in [1.82, 2.24) is 10.2 Å². The summed E-state index contributed by atoms with van der Waals surface area (Å²) in [4.78, 5) is 13.0. The molecule has 0 saturated carbocycles. The van der Waals surface area contributed by atoms with Gasteiger partial charge in [-0.3, -0.25) is 4.79 Å². The SMILES string of the molecule is CN(Cc1cc(Br)ccc1F)c1cn[nH]c(=O)c1Cl. The van der Waals surface area contributed by atoms with E-state index in [-0.39, 0.29) is 17.4 Å². The molecule has 0 bridgehead atoms. The first kappa shape index (κ1) is 14.0. The molecule has 0 fully saturated rings. The van der Waals surface area contributed by atoms with Gasteiger partial charge in [-0.25, -0.2) is 9.49 Å². The third kappa shape index (κ3) is 3.13. The quantitative estimate of drug-likeness (QED) is 0.929. The molecule has 1 aromatic heterocycles. The van der Waals surface area contributed by atoms with Crippen molar-refractivity contribution >= 4 is 33.2 Å². The van der Waals surface area contributed by atoms with Gasteiger partial charge in [0.25, 0.3) is 5.56 Å². The van der Waals surface area contributed by atoms with Crippen LogP contribution >= 0.6 is 27.5 Å². The number of benzene rings is 1. The number of rotatable bonds is 3. The maximum Gasteiger partial charge on any atom is 0.285 e. The molecule has 2 aromatic rings. The fraction of sp³-hybridized carbons (Fsp3) is 0.167. The molecule has 100 valence electrons. The van der Waals surface area contributed by atoms with Crippen LogP contribution in [0.3, 0.4) is 0 Å². The normalized spacial score (nSPS) is 10.5. The zero-order valence-corrected chi connectivity index (χ0v) is 12.3. The Hall–Kier alpha value is -1.40. The van der Waals surface area contributed by atoms with Gasteiger partial charge >= 0.3 is 0 Å². The summed E-state index contributed by atoms with van der Waals surface area (Å²) in [5, 5.41) is 5.95. The molecule has 0 unspecified atom stereocenters. The van der Waals surface area contributed by atoms with Crippen molar-refractivity contribution in [2.75, 3.05) is 11.9 Å². The zero-order chi connectivity index (χ0) is 14.0. The molecule has 0 spiro atoms. The number of H-pyrrole nitrogens is 1. The number of aromatic amines is 1. The molecule has 0 amide bonds. The van der Waals surface area contributed by atoms with E-state index < -0.39 is 5.56 Å². The first-order valence-corrected chi connectivity index (χ1v) is 6.54. The van der Waals surface area contributed by atoms with Crippen molar-refractivity contribution in [1.29, 1.82) is 0 Å². The van der Waals surface area contributed by atoms with E-state index in [0.29, 0.717) is 11.3 Å². The Labute approximate surface area is 122 Å². The largest absolute Gasteiger partial charge is 0.367 e. The maximum atomic E-state index is 13.7. The summed E-state index contributed by atoms with van der Waals surface area (Å²) in [5.41, 5.74) is 0.471. The Morgan fingerprint density at radius 2 is 2.26 bits per heavy atom. The summed E-state index contributed by atoms with van der Waals surface area (Å²) in [6.07, 6.45) is 1.43. The Kier molecular flexibility index (Phi) is 4.21. The number of anilines is 1. The van der Waals surface area contributed by atoms with Crippen molar-refractivity contribution in [3.63, 3.8) is 0 Å². The van der Waals surface area contributed by atoms with E-state index in [2.05, 4.69) is 26.1 Å². The van der Waals surface area contributed by atoms with Gasteiger partial charge in [0.15, 0.2) is 0 Å². The molecule has 1 N–H and O–H groups in total. The zero-order valence-electron chi connectivity index (χ0n) is 9.95. The van der Waals surface area contributed by atoms with Crippen LogP contribution in [0, 0.1) is 5.82 Å². The van der Waals surface area contributed by atoms with Crippen LogP contribution in [0.2, 0.25) is 5.02 Å². The predicted molar refractivity (Wildman–Crippen MR) is 76.1 cm³/mol. The van der Waals surface area contributed by atoms with Gasteiger partial charge in [0.2, 0.25) is 0 Å². The second-order valence-corrected chi connectivity index (χ2v) is 5.28. The molecule has 1 heterocycles. The maximum absolute atomic E-state index is 13.7. The monoisotopic (exact) mass is 345 g/mol. The third-order valence-electron chi connectivity index (χ3n) is 2.60. The first-order valence-electron chi connectivity index (χ1n) is 5.37. The summed E-state index contributed by atoms with van der Waals surface area (Å²) in [6.45, 7) is 0.274. The molecular formula is C12H10BrClFN3O. The molecule has 0 aliphatic carbocycles. The minimum Gasteiger partial charge on any atom is -0.367 e. The number of halogens is 3. The Balaban J connectivity index is 2.30. The van der Waals surface area contributed by atoms with Crippen molar-refractivity contribution in [2.45, 2.75) is 6.54 Å². The van der Waals surface area contributed by atoms with Gasteiger partial charge in [-0.05, 0) is 18.2 Å². The molecule has 0 atom stereocenters. The molecule has 0 aliphatic heterocycles. The van der Waals surface area contributed by atoms with Crippen molar-refractivity contribution in [3.05, 3.63) is 55.6 Å². The molecule has 7 heteroatoms. The molecule has 2 rings (SSSR count). The summed E-state index contributed by atoms with van der Waals surface area (Å²) in [6, 6.07) is 4.69. The highest BCUT2D eigenvalue weighted by Crippen LogP contribution is 2.23. The number of hydrogen-bond donors (Lipinski definition) is 1. The van der Waals surface area contributed by atoms with Crippen molar-refractivity contribution in [3.8, 4) is 0 Å². The lowest BCUT2D eigenvalue weighted by Crippen LogP contribution is -2.21. The Morgan fingerprint density at radius 3 is 3.00 bits per heavy atom. The lowest BCUT2D eigenvalue weighted by Gasteiger charge is -2.20. The number of hydrogen-bond acceptors (Lipinski definition) is 3. The van der Waals surface area contributed by atoms with E-state index >= 15 is 0 Å². The molecular weight excluding hydrogens is 337 g/mol. The highest BCUT2D eigenvalue weighted by atomic mass is 79.9. The van der Waals surface area contributed by atoms with E-state index in [1.54, 1.807) is 24.1 Å². The summed E-state index contributed by atoms with van der Waals surface area (Å²) in [7, 11) is 1.71. The van der Waals surface area contributed by atoms with Crippen LogP contribution in [0.15, 0.2) is 33.7 Å². The summed E-state index contributed by atoms with van der Waals surface area (Å²) >= 11 is 9.19. The van der Waals surface area contributed by atoms with E-state index in [1.165, 1.54) is 12.3 Å². The van der Waals surface area contributed by atoms with Gasteiger partial charge in [-0.2, -0.15) is 5.10 Å². The fourth-order valence-corrected chi connectivity index (χ4v) is 2.29. The molecule has 0 saturated heterocycles. The van der Waals surface area contributed by atoms with Crippen LogP contribution in [0.4, 0.5) is 10.1 Å². The topological polar surface area (TPSA) is 49.0 Å². The van der Waals surface area contributed by atoms with Gasteiger partial charge in [-0.15, -0.1) is 0 Å². The van der Waals surface area contributed by atoms with Crippen LogP contribution in [0.25, 0.3) is 0 Å². The lowest BCUT2D eigenvalue weighted by molar-refractivity contribution is 0.607. The standard InChI is InChI=1S/C12H10BrClFN3O/c1-18(10-5-16-17-12(19)11(10)14)6-7-4-8(13)2-3-9(7)15/h2-5H,6H2,1H3,(H,17,19). The lowest BCUT2D eigenvalue weighted by atomic mass is 10.2. The fourth-order valence-electron chi connectivity index (χ4n) is 1.65. The minimum atomic E-state index is -0.472. The summed E-state index contributed by atoms with van der Waals surface area (Å²) < 4.78 is 14.4. The second-order valence-electron chi connectivity index (χ2n) is 3.99. The molecule has 19 heavy (non-hydrogen) atoms. The second kappa shape index (κ2) is 5.71. The van der Waals surface area contributed by atoms with E-state index in [0.717, 1.165) is 4.47 Å². The molecule has 0 aliphatic rings. The van der Waals surface area contributed by atoms with Gasteiger partial charge < -0.3 is 4.90 Å². The van der Waals surface area contributed by atoms with Gasteiger partial charge in [-0.1, -0.05) is 27.5 Å². The smallest absolute Gasteiger partial charge is 0.285 e. The van der Waals surface area contributed by atoms with Gasteiger partial charge in [0, 0.05) is 23.6 Å². The Bertz CT molecular complexity index is 662. The first-order chi connectivity index (χ1) is 8.99. The molecule has 4 nitrogen and oxygen atoms in total. The highest BCUT2D eigenvalue weighted by Gasteiger charge is 2.12. The Morgan fingerprint density at radius 1 is 1.53 bits per heavy atom. The van der Waals surface area contributed by atoms with E-state index in [1.807, 2.05) is 0 Å². The molecule has 0 radical (unpaired) electrons. The van der Waals surface area contributed by atoms with Crippen LogP contribution in [0.5, 0.6) is 0 Å². The van der Waals surface area contributed by atoms with Crippen molar-refractivity contribution in [2.24, 2.45) is 0 Å². The van der Waals surface area contributed by atoms with Gasteiger partial charge in [0.1, 0.15) is 10.8 Å². The van der Waals surface area contributed by atoms with Crippen LogP contribution in [-0.4, -0.2) is 17.2 Å². The van der Waals surface area contributed by atoms with Gasteiger partial charge in [0.05, 0.1) is 11.9 Å². The molecule has 1 aromatic carbocycles.